The number of aryl methyl sites for hydroxylation is 1. The second kappa shape index (κ2) is 4.58. The fourth-order valence-electron chi connectivity index (χ4n) is 1.71. The molecule has 0 N–H and O–H groups in total. The Bertz CT molecular complexity index is 537. The first-order valence-corrected chi connectivity index (χ1v) is 5.67. The highest BCUT2D eigenvalue weighted by molar-refractivity contribution is 9.10. The van der Waals surface area contributed by atoms with Crippen molar-refractivity contribution < 1.29 is 4.79 Å². The Balaban J connectivity index is 2.67. The van der Waals surface area contributed by atoms with E-state index in [-0.39, 0.29) is 0 Å². The van der Waals surface area contributed by atoms with E-state index in [0.717, 1.165) is 27.4 Å². The fraction of sp³-hybridized carbons (Fsp3) is 0.0769. The Morgan fingerprint density at radius 1 is 1.31 bits per heavy atom. The van der Waals surface area contributed by atoms with Crippen molar-refractivity contribution in [3.63, 3.8) is 0 Å². The van der Waals surface area contributed by atoms with E-state index in [1.165, 1.54) is 0 Å². The molecular weight excluding hydrogens is 266 g/mol. The number of halogens is 1. The minimum atomic E-state index is 0.623. The van der Waals surface area contributed by atoms with Gasteiger partial charge in [-0.25, -0.2) is 0 Å². The summed E-state index contributed by atoms with van der Waals surface area (Å²) in [5.74, 6) is 0. The molecule has 1 aromatic heterocycles. The highest BCUT2D eigenvalue weighted by atomic mass is 79.9. The second-order valence-corrected chi connectivity index (χ2v) is 4.46. The largest absolute Gasteiger partial charge is 0.298 e. The summed E-state index contributed by atoms with van der Waals surface area (Å²) >= 11 is 3.43. The van der Waals surface area contributed by atoms with Crippen LogP contribution < -0.4 is 0 Å². The number of carbonyl (C=O) groups is 1. The number of hydrogen-bond donors (Lipinski definition) is 0. The molecule has 0 bridgehead atoms. The molecule has 0 atom stereocenters. The molecular formula is C13H10BrNO. The number of rotatable bonds is 2. The summed E-state index contributed by atoms with van der Waals surface area (Å²) in [5.41, 5.74) is 3.60. The van der Waals surface area contributed by atoms with Gasteiger partial charge in [-0.3, -0.25) is 9.78 Å². The molecule has 0 fully saturated rings. The standard InChI is InChI=1S/C13H10BrNO/c1-9-6-15-7-11(8-16)13(9)10-3-2-4-12(14)5-10/h2-8H,1H3. The molecule has 0 aliphatic heterocycles. The van der Waals surface area contributed by atoms with E-state index in [9.17, 15) is 4.79 Å². The third-order valence-electron chi connectivity index (χ3n) is 2.41. The van der Waals surface area contributed by atoms with E-state index < -0.39 is 0 Å². The van der Waals surface area contributed by atoms with Crippen LogP contribution in [0, 0.1) is 6.92 Å². The Hall–Kier alpha value is -1.48. The molecule has 2 aromatic rings. The van der Waals surface area contributed by atoms with E-state index in [1.54, 1.807) is 12.4 Å². The van der Waals surface area contributed by atoms with Gasteiger partial charge in [-0.15, -0.1) is 0 Å². The molecule has 2 rings (SSSR count). The lowest BCUT2D eigenvalue weighted by Crippen LogP contribution is -1.93. The van der Waals surface area contributed by atoms with Crippen LogP contribution in [0.4, 0.5) is 0 Å². The Morgan fingerprint density at radius 3 is 2.81 bits per heavy atom. The summed E-state index contributed by atoms with van der Waals surface area (Å²) in [5, 5.41) is 0. The number of aromatic nitrogens is 1. The lowest BCUT2D eigenvalue weighted by Gasteiger charge is -2.08. The summed E-state index contributed by atoms with van der Waals surface area (Å²) < 4.78 is 0.998. The molecule has 0 saturated heterocycles. The van der Waals surface area contributed by atoms with Crippen molar-refractivity contribution in [2.75, 3.05) is 0 Å². The molecule has 1 aromatic carbocycles. The van der Waals surface area contributed by atoms with Crippen LogP contribution >= 0.6 is 15.9 Å². The zero-order valence-corrected chi connectivity index (χ0v) is 10.4. The minimum absolute atomic E-state index is 0.623. The predicted molar refractivity (Wildman–Crippen MR) is 67.5 cm³/mol. The third-order valence-corrected chi connectivity index (χ3v) is 2.90. The minimum Gasteiger partial charge on any atom is -0.298 e. The third kappa shape index (κ3) is 2.04. The van der Waals surface area contributed by atoms with Crippen molar-refractivity contribution in [1.82, 2.24) is 4.98 Å². The zero-order valence-electron chi connectivity index (χ0n) is 8.77. The van der Waals surface area contributed by atoms with Crippen LogP contribution in [0.25, 0.3) is 11.1 Å². The van der Waals surface area contributed by atoms with Crippen LogP contribution in [0.1, 0.15) is 15.9 Å². The van der Waals surface area contributed by atoms with E-state index >= 15 is 0 Å². The van der Waals surface area contributed by atoms with Gasteiger partial charge in [0, 0.05) is 22.4 Å². The first kappa shape index (κ1) is 11.0. The summed E-state index contributed by atoms with van der Waals surface area (Å²) in [7, 11) is 0. The number of pyridine rings is 1. The van der Waals surface area contributed by atoms with Crippen molar-refractivity contribution in [3.05, 3.63) is 52.3 Å². The van der Waals surface area contributed by atoms with Gasteiger partial charge in [-0.05, 0) is 35.7 Å². The van der Waals surface area contributed by atoms with Gasteiger partial charge in [-0.2, -0.15) is 0 Å². The monoisotopic (exact) mass is 275 g/mol. The summed E-state index contributed by atoms with van der Waals surface area (Å²) in [6, 6.07) is 7.89. The topological polar surface area (TPSA) is 30.0 Å². The molecule has 0 saturated carbocycles. The summed E-state index contributed by atoms with van der Waals surface area (Å²) in [6.07, 6.45) is 4.20. The Morgan fingerprint density at radius 2 is 2.12 bits per heavy atom. The van der Waals surface area contributed by atoms with Gasteiger partial charge in [-0.1, -0.05) is 28.1 Å². The number of aldehydes is 1. The summed E-state index contributed by atoms with van der Waals surface area (Å²) in [4.78, 5) is 15.0. The molecule has 0 radical (unpaired) electrons. The fourth-order valence-corrected chi connectivity index (χ4v) is 2.11. The number of carbonyl (C=O) groups excluding carboxylic acids is 1. The van der Waals surface area contributed by atoms with Crippen LogP contribution in [0.2, 0.25) is 0 Å². The quantitative estimate of drug-likeness (QED) is 0.784. The first-order chi connectivity index (χ1) is 7.72. The maximum atomic E-state index is 11.0. The number of benzene rings is 1. The van der Waals surface area contributed by atoms with Gasteiger partial charge in [0.2, 0.25) is 0 Å². The summed E-state index contributed by atoms with van der Waals surface area (Å²) in [6.45, 7) is 1.95. The molecule has 0 spiro atoms. The number of hydrogen-bond acceptors (Lipinski definition) is 2. The normalized spacial score (nSPS) is 10.1. The van der Waals surface area contributed by atoms with Crippen LogP contribution in [0.5, 0.6) is 0 Å². The molecule has 16 heavy (non-hydrogen) atoms. The van der Waals surface area contributed by atoms with Gasteiger partial charge in [0.05, 0.1) is 0 Å². The van der Waals surface area contributed by atoms with Crippen molar-refractivity contribution in [2.45, 2.75) is 6.92 Å². The van der Waals surface area contributed by atoms with Crippen molar-refractivity contribution in [2.24, 2.45) is 0 Å². The first-order valence-electron chi connectivity index (χ1n) is 4.88. The molecule has 2 nitrogen and oxygen atoms in total. The van der Waals surface area contributed by atoms with Crippen molar-refractivity contribution in [1.29, 1.82) is 0 Å². The van der Waals surface area contributed by atoms with Crippen molar-refractivity contribution in [3.8, 4) is 11.1 Å². The van der Waals surface area contributed by atoms with Gasteiger partial charge in [0.15, 0.2) is 6.29 Å². The van der Waals surface area contributed by atoms with Crippen LogP contribution in [0.15, 0.2) is 41.1 Å². The Labute approximate surface area is 102 Å². The Kier molecular flexibility index (Phi) is 3.15. The van der Waals surface area contributed by atoms with Crippen LogP contribution in [0.3, 0.4) is 0 Å². The predicted octanol–water partition coefficient (Wildman–Crippen LogP) is 3.63. The molecule has 3 heteroatoms. The maximum Gasteiger partial charge on any atom is 0.152 e. The lowest BCUT2D eigenvalue weighted by atomic mass is 9.98. The molecule has 0 aliphatic rings. The molecule has 0 unspecified atom stereocenters. The average Bonchev–Trinajstić information content (AvgIpc) is 2.28. The zero-order chi connectivity index (χ0) is 11.5. The van der Waals surface area contributed by atoms with Crippen molar-refractivity contribution >= 4 is 22.2 Å². The maximum absolute atomic E-state index is 11.0. The van der Waals surface area contributed by atoms with Crippen LogP contribution in [-0.2, 0) is 0 Å². The lowest BCUT2D eigenvalue weighted by molar-refractivity contribution is 0.112. The highest BCUT2D eigenvalue weighted by Crippen LogP contribution is 2.27. The molecule has 80 valence electrons. The van der Waals surface area contributed by atoms with E-state index in [1.807, 2.05) is 31.2 Å². The number of nitrogens with zero attached hydrogens (tertiary/aromatic N) is 1. The second-order valence-electron chi connectivity index (χ2n) is 3.55. The van der Waals surface area contributed by atoms with E-state index in [4.69, 9.17) is 0 Å². The van der Waals surface area contributed by atoms with Gasteiger partial charge in [0.25, 0.3) is 0 Å². The van der Waals surface area contributed by atoms with Gasteiger partial charge < -0.3 is 0 Å². The van der Waals surface area contributed by atoms with Crippen LogP contribution in [-0.4, -0.2) is 11.3 Å². The van der Waals surface area contributed by atoms with E-state index in [0.29, 0.717) is 5.56 Å². The van der Waals surface area contributed by atoms with Gasteiger partial charge >= 0.3 is 0 Å². The molecule has 0 aliphatic carbocycles. The smallest absolute Gasteiger partial charge is 0.152 e. The molecule has 0 amide bonds. The molecule has 1 heterocycles. The van der Waals surface area contributed by atoms with Gasteiger partial charge in [0.1, 0.15) is 0 Å². The highest BCUT2D eigenvalue weighted by Gasteiger charge is 2.08. The average molecular weight is 276 g/mol. The SMILES string of the molecule is Cc1cncc(C=O)c1-c1cccc(Br)c1. The van der Waals surface area contributed by atoms with E-state index in [2.05, 4.69) is 20.9 Å².